The number of hydrazone groups is 1. The largest absolute Gasteiger partial charge is 0.508 e. The van der Waals surface area contributed by atoms with E-state index in [2.05, 4.69) is 33.9 Å². The molecule has 3 N–H and O–H groups in total. The summed E-state index contributed by atoms with van der Waals surface area (Å²) in [5, 5.41) is 18.1. The van der Waals surface area contributed by atoms with Gasteiger partial charge in [0.25, 0.3) is 0 Å². The Morgan fingerprint density at radius 1 is 1.14 bits per heavy atom. The number of phenols is 1. The lowest BCUT2D eigenvalue weighted by molar-refractivity contribution is 0.150. The third kappa shape index (κ3) is 3.75. The van der Waals surface area contributed by atoms with Gasteiger partial charge in [0.05, 0.1) is 17.3 Å². The van der Waals surface area contributed by atoms with Gasteiger partial charge >= 0.3 is 0 Å². The maximum Gasteiger partial charge on any atom is 0.154 e. The summed E-state index contributed by atoms with van der Waals surface area (Å²) in [6, 6.07) is 14.1. The van der Waals surface area contributed by atoms with Gasteiger partial charge in [-0.2, -0.15) is 5.10 Å². The Bertz CT molecular complexity index is 1390. The highest BCUT2D eigenvalue weighted by Gasteiger charge is 2.45. The molecule has 9 heteroatoms. The van der Waals surface area contributed by atoms with E-state index in [1.165, 1.54) is 18.5 Å². The first-order valence-corrected chi connectivity index (χ1v) is 12.4. The number of aromatic hydroxyl groups is 1. The summed E-state index contributed by atoms with van der Waals surface area (Å²) < 4.78 is 14.2. The van der Waals surface area contributed by atoms with Gasteiger partial charge in [-0.05, 0) is 43.5 Å². The van der Waals surface area contributed by atoms with Crippen molar-refractivity contribution in [1.29, 1.82) is 0 Å². The van der Waals surface area contributed by atoms with E-state index in [1.54, 1.807) is 0 Å². The number of anilines is 1. The van der Waals surface area contributed by atoms with Crippen LogP contribution in [0.15, 0.2) is 63.6 Å². The number of nitrogens with two attached hydrogens (primary N) is 1. The molecule has 0 aliphatic carbocycles. The van der Waals surface area contributed by atoms with E-state index in [1.807, 2.05) is 23.2 Å². The van der Waals surface area contributed by atoms with Gasteiger partial charge in [-0.25, -0.2) is 19.4 Å². The van der Waals surface area contributed by atoms with E-state index in [-0.39, 0.29) is 11.8 Å². The van der Waals surface area contributed by atoms with Gasteiger partial charge in [-0.15, -0.1) is 0 Å². The molecule has 1 saturated heterocycles. The van der Waals surface area contributed by atoms with Crippen molar-refractivity contribution in [3.8, 4) is 5.75 Å². The molecule has 3 aliphatic heterocycles. The van der Waals surface area contributed by atoms with Crippen LogP contribution in [0.2, 0.25) is 0 Å². The average Bonchev–Trinajstić information content (AvgIpc) is 3.53. The number of pyridine rings is 1. The van der Waals surface area contributed by atoms with Crippen LogP contribution in [0.25, 0.3) is 10.9 Å². The van der Waals surface area contributed by atoms with Crippen LogP contribution in [-0.2, 0) is 0 Å². The zero-order valence-electron chi connectivity index (χ0n) is 20.0. The Morgan fingerprint density at radius 3 is 2.72 bits per heavy atom. The van der Waals surface area contributed by atoms with Crippen LogP contribution < -0.4 is 10.6 Å². The van der Waals surface area contributed by atoms with E-state index in [9.17, 15) is 9.50 Å². The third-order valence-electron chi connectivity index (χ3n) is 7.21. The lowest BCUT2D eigenvalue weighted by Gasteiger charge is -2.34. The molecule has 3 aliphatic rings. The van der Waals surface area contributed by atoms with Crippen LogP contribution >= 0.6 is 0 Å². The van der Waals surface area contributed by atoms with Crippen molar-refractivity contribution in [3.05, 3.63) is 65.5 Å². The molecule has 3 atom stereocenters. The zero-order chi connectivity index (χ0) is 24.8. The molecule has 3 aromatic rings. The number of para-hydroxylation sites is 1. The number of amidine groups is 1. The molecule has 4 heterocycles. The van der Waals surface area contributed by atoms with E-state index in [0.29, 0.717) is 17.1 Å². The van der Waals surface area contributed by atoms with Gasteiger partial charge in [0, 0.05) is 35.7 Å². The number of fused-ring (bicyclic) bond motifs is 2. The van der Waals surface area contributed by atoms with Crippen LogP contribution in [0.1, 0.15) is 43.4 Å². The van der Waals surface area contributed by atoms with E-state index in [4.69, 9.17) is 15.8 Å². The minimum Gasteiger partial charge on any atom is -0.508 e. The fraction of sp³-hybridized carbons (Fsp3) is 0.333. The number of aromatic nitrogens is 1. The molecule has 0 spiro atoms. The summed E-state index contributed by atoms with van der Waals surface area (Å²) in [6.45, 7) is 4.06. The highest BCUT2D eigenvalue weighted by atomic mass is 19.1. The molecule has 1 aromatic heterocycles. The predicted molar refractivity (Wildman–Crippen MR) is 140 cm³/mol. The highest BCUT2D eigenvalue weighted by molar-refractivity contribution is 6.17. The molecule has 6 rings (SSSR count). The van der Waals surface area contributed by atoms with E-state index in [0.717, 1.165) is 60.7 Å². The summed E-state index contributed by atoms with van der Waals surface area (Å²) in [5.41, 5.74) is 9.40. The molecular formula is C27H28FN7O. The van der Waals surface area contributed by atoms with Crippen LogP contribution in [0.3, 0.4) is 0 Å². The van der Waals surface area contributed by atoms with Gasteiger partial charge in [0.2, 0.25) is 0 Å². The quantitative estimate of drug-likeness (QED) is 0.564. The molecule has 0 amide bonds. The molecule has 1 fully saturated rings. The van der Waals surface area contributed by atoms with Crippen LogP contribution in [-0.4, -0.2) is 52.2 Å². The van der Waals surface area contributed by atoms with Gasteiger partial charge in [0.1, 0.15) is 35.5 Å². The van der Waals surface area contributed by atoms with E-state index >= 15 is 0 Å². The first kappa shape index (κ1) is 22.5. The number of hydrogen-bond donors (Lipinski definition) is 2. The fourth-order valence-corrected chi connectivity index (χ4v) is 5.55. The Labute approximate surface area is 208 Å². The molecule has 2 aromatic carbocycles. The molecule has 0 bridgehead atoms. The summed E-state index contributed by atoms with van der Waals surface area (Å²) in [7, 11) is 0. The Morgan fingerprint density at radius 2 is 1.94 bits per heavy atom. The number of nitrogens with zero attached hydrogens (tertiary/aromatic N) is 6. The highest BCUT2D eigenvalue weighted by Crippen LogP contribution is 2.41. The van der Waals surface area contributed by atoms with Crippen molar-refractivity contribution in [2.75, 3.05) is 18.0 Å². The first-order chi connectivity index (χ1) is 17.5. The fourth-order valence-electron chi connectivity index (χ4n) is 5.55. The number of aliphatic imine (C=N–C) groups is 2. The third-order valence-corrected chi connectivity index (χ3v) is 7.21. The van der Waals surface area contributed by atoms with Crippen LogP contribution in [0.4, 0.5) is 10.2 Å². The van der Waals surface area contributed by atoms with Crippen molar-refractivity contribution in [1.82, 2.24) is 9.99 Å². The molecule has 0 radical (unpaired) electrons. The van der Waals surface area contributed by atoms with Crippen molar-refractivity contribution in [2.45, 2.75) is 38.4 Å². The molecule has 0 saturated carbocycles. The smallest absolute Gasteiger partial charge is 0.154 e. The van der Waals surface area contributed by atoms with Gasteiger partial charge in [0.15, 0.2) is 6.17 Å². The zero-order valence-corrected chi connectivity index (χ0v) is 20.0. The Kier molecular flexibility index (Phi) is 5.55. The minimum absolute atomic E-state index is 0.145. The lowest BCUT2D eigenvalue weighted by atomic mass is 9.92. The van der Waals surface area contributed by atoms with Crippen LogP contribution in [0.5, 0.6) is 5.75 Å². The molecule has 184 valence electrons. The number of halogens is 1. The maximum absolute atomic E-state index is 14.2. The van der Waals surface area contributed by atoms with Gasteiger partial charge < -0.3 is 15.7 Å². The van der Waals surface area contributed by atoms with Crippen molar-refractivity contribution < 1.29 is 9.50 Å². The van der Waals surface area contributed by atoms with E-state index < -0.39 is 17.9 Å². The SMILES string of the molecule is CCC(c1cc2ccccc2nc1N1CCCC1)N1N=C(c2cc(O)cc(F)c2)C2C(N)=NC=NC21. The normalized spacial score (nSPS) is 22.1. The number of rotatable bonds is 5. The first-order valence-electron chi connectivity index (χ1n) is 12.4. The predicted octanol–water partition coefficient (Wildman–Crippen LogP) is 4.19. The van der Waals surface area contributed by atoms with Crippen molar-refractivity contribution in [2.24, 2.45) is 26.7 Å². The second-order valence-electron chi connectivity index (χ2n) is 9.49. The standard InChI is InChI=1S/C27H28FN7O/c1-2-22(20-13-16-7-3-4-8-21(16)32-26(20)34-9-5-6-10-34)35-27-23(25(29)30-15-31-27)24(33-35)17-11-18(28)14-19(36)12-17/h3-4,7-8,11-15,22-23,27,36H,2,5-6,9-10H2,1H3,(H2,29,30,31). The summed E-state index contributed by atoms with van der Waals surface area (Å²) in [4.78, 5) is 16.3. The van der Waals surface area contributed by atoms with Crippen molar-refractivity contribution in [3.63, 3.8) is 0 Å². The van der Waals surface area contributed by atoms with Gasteiger partial charge in [-0.1, -0.05) is 25.1 Å². The molecule has 8 nitrogen and oxygen atoms in total. The lowest BCUT2D eigenvalue weighted by Crippen LogP contribution is -2.43. The van der Waals surface area contributed by atoms with Gasteiger partial charge in [-0.3, -0.25) is 5.01 Å². The van der Waals surface area contributed by atoms with Crippen molar-refractivity contribution >= 4 is 34.6 Å². The Balaban J connectivity index is 1.50. The molecule has 3 unspecified atom stereocenters. The summed E-state index contributed by atoms with van der Waals surface area (Å²) >= 11 is 0. The topological polar surface area (TPSA) is 103 Å². The Hall–Kier alpha value is -4.01. The number of phenolic OH excluding ortho intramolecular Hbond substituents is 1. The van der Waals surface area contributed by atoms with Crippen LogP contribution in [0, 0.1) is 11.7 Å². The maximum atomic E-state index is 14.2. The number of hydrogen-bond acceptors (Lipinski definition) is 8. The second-order valence-corrected chi connectivity index (χ2v) is 9.49. The molecular weight excluding hydrogens is 457 g/mol. The second kappa shape index (κ2) is 8.89. The number of benzene rings is 2. The molecule has 36 heavy (non-hydrogen) atoms. The summed E-state index contributed by atoms with van der Waals surface area (Å²) in [5.74, 6) is 0.183. The minimum atomic E-state index is -0.542. The summed E-state index contributed by atoms with van der Waals surface area (Å²) in [6.07, 6.45) is 4.08. The monoisotopic (exact) mass is 485 g/mol. The average molecular weight is 486 g/mol.